The maximum atomic E-state index is 12.3. The molecule has 1 fully saturated rings. The molecule has 0 radical (unpaired) electrons. The summed E-state index contributed by atoms with van der Waals surface area (Å²) in [5.41, 5.74) is 0. The maximum Gasteiger partial charge on any atom is 0.240 e. The predicted octanol–water partition coefficient (Wildman–Crippen LogP) is 2.73. The van der Waals surface area contributed by atoms with Gasteiger partial charge in [0, 0.05) is 19.6 Å². The van der Waals surface area contributed by atoms with Crippen LogP contribution in [0.5, 0.6) is 5.75 Å². The minimum atomic E-state index is -3.44. The van der Waals surface area contributed by atoms with E-state index in [-0.39, 0.29) is 4.90 Å². The third kappa shape index (κ3) is 5.76. The third-order valence-electron chi connectivity index (χ3n) is 4.33. The zero-order chi connectivity index (χ0) is 17.6. The Hall–Kier alpha value is -1.11. The molecule has 0 aromatic heterocycles. The van der Waals surface area contributed by atoms with E-state index in [4.69, 9.17) is 4.74 Å². The Kier molecular flexibility index (Phi) is 7.07. The van der Waals surface area contributed by atoms with Crippen LogP contribution in [-0.2, 0) is 10.0 Å². The van der Waals surface area contributed by atoms with E-state index < -0.39 is 10.0 Å². The number of nitrogens with zero attached hydrogens (tertiary/aromatic N) is 1. The van der Waals surface area contributed by atoms with Crippen molar-refractivity contribution >= 4 is 10.0 Å². The van der Waals surface area contributed by atoms with Gasteiger partial charge in [0.1, 0.15) is 5.75 Å². The number of benzene rings is 1. The number of piperidine rings is 1. The molecule has 1 N–H and O–H groups in total. The molecule has 1 saturated heterocycles. The van der Waals surface area contributed by atoms with Gasteiger partial charge in [0.25, 0.3) is 0 Å². The van der Waals surface area contributed by atoms with Gasteiger partial charge in [-0.05, 0) is 62.4 Å². The van der Waals surface area contributed by atoms with E-state index in [1.165, 1.54) is 6.42 Å². The number of rotatable bonds is 8. The maximum absolute atomic E-state index is 12.3. The zero-order valence-electron chi connectivity index (χ0n) is 15.0. The first-order chi connectivity index (χ1) is 11.4. The molecule has 5 nitrogen and oxygen atoms in total. The first-order valence-corrected chi connectivity index (χ1v) is 10.3. The van der Waals surface area contributed by atoms with Crippen LogP contribution in [0.4, 0.5) is 0 Å². The van der Waals surface area contributed by atoms with Crippen LogP contribution in [0.15, 0.2) is 29.2 Å². The van der Waals surface area contributed by atoms with Crippen molar-refractivity contribution in [2.75, 3.05) is 32.8 Å². The monoisotopic (exact) mass is 354 g/mol. The van der Waals surface area contributed by atoms with Crippen molar-refractivity contribution in [3.05, 3.63) is 24.3 Å². The van der Waals surface area contributed by atoms with Gasteiger partial charge in [-0.1, -0.05) is 13.8 Å². The highest BCUT2D eigenvalue weighted by Gasteiger charge is 2.21. The van der Waals surface area contributed by atoms with Gasteiger partial charge in [-0.2, -0.15) is 0 Å². The first kappa shape index (κ1) is 19.2. The fourth-order valence-corrected chi connectivity index (χ4v) is 4.52. The van der Waals surface area contributed by atoms with Gasteiger partial charge < -0.3 is 9.64 Å². The summed E-state index contributed by atoms with van der Waals surface area (Å²) < 4.78 is 32.6. The van der Waals surface area contributed by atoms with Gasteiger partial charge in [-0.15, -0.1) is 0 Å². The van der Waals surface area contributed by atoms with Crippen LogP contribution < -0.4 is 9.46 Å². The normalized spacial score (nSPS) is 22.5. The molecule has 0 bridgehead atoms. The Morgan fingerprint density at radius 3 is 2.38 bits per heavy atom. The molecule has 6 heteroatoms. The van der Waals surface area contributed by atoms with Gasteiger partial charge >= 0.3 is 0 Å². The Morgan fingerprint density at radius 2 is 1.79 bits per heavy atom. The van der Waals surface area contributed by atoms with E-state index in [0.717, 1.165) is 37.9 Å². The molecule has 2 atom stereocenters. The van der Waals surface area contributed by atoms with Crippen molar-refractivity contribution in [3.8, 4) is 5.75 Å². The fraction of sp³-hybridized carbons (Fsp3) is 0.667. The summed E-state index contributed by atoms with van der Waals surface area (Å²) in [4.78, 5) is 2.73. The lowest BCUT2D eigenvalue weighted by Crippen LogP contribution is -2.40. The van der Waals surface area contributed by atoms with Crippen LogP contribution in [0.25, 0.3) is 0 Å². The largest absolute Gasteiger partial charge is 0.494 e. The Bertz CT molecular complexity index is 591. The number of nitrogens with one attached hydrogen (secondary N) is 1. The number of sulfonamides is 1. The standard InChI is InChI=1S/C18H30N2O3S/c1-4-23-17-6-8-18(9-7-17)24(21,22)19-10-5-11-20-13-15(2)12-16(3)14-20/h6-9,15-16,19H,4-5,10-14H2,1-3H3. The van der Waals surface area contributed by atoms with Crippen LogP contribution in [0.2, 0.25) is 0 Å². The number of hydrogen-bond acceptors (Lipinski definition) is 4. The summed E-state index contributed by atoms with van der Waals surface area (Å²) in [6.07, 6.45) is 2.12. The smallest absolute Gasteiger partial charge is 0.240 e. The molecule has 0 amide bonds. The number of ether oxygens (including phenoxy) is 1. The predicted molar refractivity (Wildman–Crippen MR) is 96.8 cm³/mol. The zero-order valence-corrected chi connectivity index (χ0v) is 15.8. The molecule has 136 valence electrons. The van der Waals surface area contributed by atoms with Crippen molar-refractivity contribution in [1.29, 1.82) is 0 Å². The van der Waals surface area contributed by atoms with E-state index in [1.54, 1.807) is 24.3 Å². The highest BCUT2D eigenvalue weighted by atomic mass is 32.2. The Balaban J connectivity index is 1.78. The first-order valence-electron chi connectivity index (χ1n) is 8.85. The Morgan fingerprint density at radius 1 is 1.17 bits per heavy atom. The van der Waals surface area contributed by atoms with Crippen molar-refractivity contribution in [2.45, 2.75) is 38.5 Å². The minimum absolute atomic E-state index is 0.283. The lowest BCUT2D eigenvalue weighted by Gasteiger charge is -2.34. The molecule has 1 aromatic rings. The summed E-state index contributed by atoms with van der Waals surface area (Å²) in [5, 5.41) is 0. The van der Waals surface area contributed by atoms with E-state index >= 15 is 0 Å². The van der Waals surface area contributed by atoms with Gasteiger partial charge in [-0.3, -0.25) is 0 Å². The number of likely N-dealkylation sites (tertiary alicyclic amines) is 1. The van der Waals surface area contributed by atoms with Crippen LogP contribution in [0.1, 0.15) is 33.6 Å². The molecular weight excluding hydrogens is 324 g/mol. The van der Waals surface area contributed by atoms with Crippen LogP contribution in [-0.4, -0.2) is 46.1 Å². The fourth-order valence-electron chi connectivity index (χ4n) is 3.45. The van der Waals surface area contributed by atoms with E-state index in [2.05, 4.69) is 23.5 Å². The van der Waals surface area contributed by atoms with Crippen LogP contribution in [0.3, 0.4) is 0 Å². The molecule has 0 saturated carbocycles. The van der Waals surface area contributed by atoms with Gasteiger partial charge in [0.2, 0.25) is 10.0 Å². The lowest BCUT2D eigenvalue weighted by atomic mass is 9.92. The second-order valence-corrected chi connectivity index (χ2v) is 8.63. The van der Waals surface area contributed by atoms with Gasteiger partial charge in [-0.25, -0.2) is 13.1 Å². The molecule has 1 aliphatic heterocycles. The minimum Gasteiger partial charge on any atom is -0.494 e. The topological polar surface area (TPSA) is 58.6 Å². The summed E-state index contributed by atoms with van der Waals surface area (Å²) in [6.45, 7) is 10.7. The molecule has 24 heavy (non-hydrogen) atoms. The van der Waals surface area contributed by atoms with Crippen LogP contribution >= 0.6 is 0 Å². The molecule has 2 rings (SSSR count). The highest BCUT2D eigenvalue weighted by Crippen LogP contribution is 2.21. The summed E-state index contributed by atoms with van der Waals surface area (Å²) >= 11 is 0. The molecule has 1 heterocycles. The molecular formula is C18H30N2O3S. The molecule has 1 aromatic carbocycles. The summed E-state index contributed by atoms with van der Waals surface area (Å²) in [6, 6.07) is 6.55. The number of hydrogen-bond donors (Lipinski definition) is 1. The van der Waals surface area contributed by atoms with Crippen molar-refractivity contribution in [3.63, 3.8) is 0 Å². The second kappa shape index (κ2) is 8.83. The second-order valence-electron chi connectivity index (χ2n) is 6.86. The third-order valence-corrected chi connectivity index (χ3v) is 5.81. The highest BCUT2D eigenvalue weighted by molar-refractivity contribution is 7.89. The van der Waals surface area contributed by atoms with E-state index in [9.17, 15) is 8.42 Å². The lowest BCUT2D eigenvalue weighted by molar-refractivity contribution is 0.140. The average molecular weight is 355 g/mol. The quantitative estimate of drug-likeness (QED) is 0.729. The van der Waals surface area contributed by atoms with Crippen molar-refractivity contribution in [2.24, 2.45) is 11.8 Å². The SMILES string of the molecule is CCOc1ccc(S(=O)(=O)NCCCN2CC(C)CC(C)C2)cc1. The molecule has 2 unspecified atom stereocenters. The average Bonchev–Trinajstić information content (AvgIpc) is 2.52. The summed E-state index contributed by atoms with van der Waals surface area (Å²) in [5.74, 6) is 2.15. The van der Waals surface area contributed by atoms with Gasteiger partial charge in [0.05, 0.1) is 11.5 Å². The van der Waals surface area contributed by atoms with E-state index in [0.29, 0.717) is 18.9 Å². The molecule has 0 aliphatic carbocycles. The molecule has 1 aliphatic rings. The van der Waals surface area contributed by atoms with Gasteiger partial charge in [0.15, 0.2) is 0 Å². The van der Waals surface area contributed by atoms with Crippen molar-refractivity contribution < 1.29 is 13.2 Å². The van der Waals surface area contributed by atoms with E-state index in [1.807, 2.05) is 6.92 Å². The van der Waals surface area contributed by atoms with Crippen LogP contribution in [0, 0.1) is 11.8 Å². The van der Waals surface area contributed by atoms with Crippen molar-refractivity contribution in [1.82, 2.24) is 9.62 Å². The Labute approximate surface area is 146 Å². The molecule has 0 spiro atoms. The summed E-state index contributed by atoms with van der Waals surface area (Å²) in [7, 11) is -3.44.